The zero-order valence-corrected chi connectivity index (χ0v) is 12.4. The Labute approximate surface area is 123 Å². The summed E-state index contributed by atoms with van der Waals surface area (Å²) in [6, 6.07) is 7.55. The summed E-state index contributed by atoms with van der Waals surface area (Å²) in [5.74, 6) is 2.56. The first-order valence-electron chi connectivity index (χ1n) is 6.84. The van der Waals surface area contributed by atoms with Gasteiger partial charge in [0.25, 0.3) is 0 Å². The summed E-state index contributed by atoms with van der Waals surface area (Å²) in [6.45, 7) is 0.774. The van der Waals surface area contributed by atoms with E-state index < -0.39 is 6.10 Å². The van der Waals surface area contributed by atoms with Gasteiger partial charge >= 0.3 is 0 Å². The molecule has 2 aliphatic rings. The SMILES string of the molecule is OC(c1ccc(Cl)cc1)C1CCOC2(CCSC2)C1. The van der Waals surface area contributed by atoms with Crippen LogP contribution < -0.4 is 0 Å². The van der Waals surface area contributed by atoms with E-state index in [-0.39, 0.29) is 5.60 Å². The Bertz CT molecular complexity index is 428. The monoisotopic (exact) mass is 298 g/mol. The second kappa shape index (κ2) is 5.65. The van der Waals surface area contributed by atoms with E-state index in [0.717, 1.165) is 37.2 Å². The van der Waals surface area contributed by atoms with Gasteiger partial charge in [-0.2, -0.15) is 11.8 Å². The third-order valence-electron chi connectivity index (χ3n) is 4.26. The fourth-order valence-corrected chi connectivity index (χ4v) is 4.63. The van der Waals surface area contributed by atoms with Crippen molar-refractivity contribution in [2.24, 2.45) is 5.92 Å². The molecule has 0 aromatic heterocycles. The maximum absolute atomic E-state index is 10.6. The van der Waals surface area contributed by atoms with E-state index in [0.29, 0.717) is 10.9 Å². The van der Waals surface area contributed by atoms with Crippen LogP contribution in [0.25, 0.3) is 0 Å². The number of aliphatic hydroxyl groups excluding tert-OH is 1. The Hall–Kier alpha value is -0.220. The molecule has 2 fully saturated rings. The van der Waals surface area contributed by atoms with Gasteiger partial charge in [0.1, 0.15) is 0 Å². The average molecular weight is 299 g/mol. The highest BCUT2D eigenvalue weighted by Crippen LogP contribution is 2.44. The van der Waals surface area contributed by atoms with Crippen molar-refractivity contribution in [2.45, 2.75) is 31.0 Å². The summed E-state index contributed by atoms with van der Waals surface area (Å²) >= 11 is 7.86. The van der Waals surface area contributed by atoms with Gasteiger partial charge < -0.3 is 9.84 Å². The molecule has 2 aliphatic heterocycles. The number of hydrogen-bond acceptors (Lipinski definition) is 3. The third-order valence-corrected chi connectivity index (χ3v) is 5.73. The first kappa shape index (κ1) is 13.7. The fourth-order valence-electron chi connectivity index (χ4n) is 3.13. The Morgan fingerprint density at radius 3 is 2.84 bits per heavy atom. The van der Waals surface area contributed by atoms with Crippen molar-refractivity contribution in [3.8, 4) is 0 Å². The highest BCUT2D eigenvalue weighted by Gasteiger charge is 2.42. The number of rotatable bonds is 2. The Morgan fingerprint density at radius 2 is 2.16 bits per heavy atom. The molecule has 19 heavy (non-hydrogen) atoms. The number of benzene rings is 1. The minimum Gasteiger partial charge on any atom is -0.388 e. The maximum Gasteiger partial charge on any atom is 0.0820 e. The van der Waals surface area contributed by atoms with Gasteiger partial charge in [-0.25, -0.2) is 0 Å². The van der Waals surface area contributed by atoms with Crippen LogP contribution in [0.3, 0.4) is 0 Å². The molecule has 2 nitrogen and oxygen atoms in total. The van der Waals surface area contributed by atoms with Crippen LogP contribution in [0.4, 0.5) is 0 Å². The van der Waals surface area contributed by atoms with E-state index in [1.807, 2.05) is 36.0 Å². The third kappa shape index (κ3) is 2.94. The van der Waals surface area contributed by atoms with E-state index in [4.69, 9.17) is 16.3 Å². The number of thioether (sulfide) groups is 1. The van der Waals surface area contributed by atoms with Crippen molar-refractivity contribution in [3.05, 3.63) is 34.9 Å². The summed E-state index contributed by atoms with van der Waals surface area (Å²) in [6.07, 6.45) is 2.64. The van der Waals surface area contributed by atoms with Gasteiger partial charge in [0.05, 0.1) is 11.7 Å². The first-order chi connectivity index (χ1) is 9.19. The van der Waals surface area contributed by atoms with E-state index >= 15 is 0 Å². The van der Waals surface area contributed by atoms with Crippen LogP contribution >= 0.6 is 23.4 Å². The van der Waals surface area contributed by atoms with Crippen molar-refractivity contribution in [2.75, 3.05) is 18.1 Å². The fraction of sp³-hybridized carbons (Fsp3) is 0.600. The molecule has 3 atom stereocenters. The molecule has 1 spiro atoms. The topological polar surface area (TPSA) is 29.5 Å². The molecule has 104 valence electrons. The summed E-state index contributed by atoms with van der Waals surface area (Å²) in [5.41, 5.74) is 0.998. The van der Waals surface area contributed by atoms with E-state index in [1.54, 1.807) is 0 Å². The molecule has 2 saturated heterocycles. The maximum atomic E-state index is 10.6. The summed E-state index contributed by atoms with van der Waals surface area (Å²) in [5, 5.41) is 11.3. The number of ether oxygens (including phenoxy) is 1. The van der Waals surface area contributed by atoms with Gasteiger partial charge in [-0.05, 0) is 48.6 Å². The molecule has 3 rings (SSSR count). The van der Waals surface area contributed by atoms with Gasteiger partial charge in [0.2, 0.25) is 0 Å². The van der Waals surface area contributed by atoms with Crippen molar-refractivity contribution in [1.82, 2.24) is 0 Å². The van der Waals surface area contributed by atoms with Crippen LogP contribution in [0.1, 0.15) is 30.9 Å². The molecule has 1 aromatic rings. The normalized spacial score (nSPS) is 32.6. The predicted octanol–water partition coefficient (Wildman–Crippen LogP) is 3.68. The first-order valence-corrected chi connectivity index (χ1v) is 8.37. The van der Waals surface area contributed by atoms with Gasteiger partial charge in [0.15, 0.2) is 0 Å². The minimum absolute atomic E-state index is 0.0288. The second-order valence-corrected chi connectivity index (χ2v) is 7.12. The van der Waals surface area contributed by atoms with Crippen LogP contribution in [0, 0.1) is 5.92 Å². The highest BCUT2D eigenvalue weighted by molar-refractivity contribution is 7.99. The molecule has 0 bridgehead atoms. The molecule has 1 N–H and O–H groups in total. The molecular formula is C15H19ClO2S. The Morgan fingerprint density at radius 1 is 1.37 bits per heavy atom. The van der Waals surface area contributed by atoms with Gasteiger partial charge in [-0.15, -0.1) is 0 Å². The van der Waals surface area contributed by atoms with E-state index in [1.165, 1.54) is 5.75 Å². The summed E-state index contributed by atoms with van der Waals surface area (Å²) in [4.78, 5) is 0. The van der Waals surface area contributed by atoms with Crippen LogP contribution in [-0.2, 0) is 4.74 Å². The summed E-state index contributed by atoms with van der Waals surface area (Å²) < 4.78 is 6.01. The lowest BCUT2D eigenvalue weighted by molar-refractivity contribution is -0.102. The summed E-state index contributed by atoms with van der Waals surface area (Å²) in [7, 11) is 0. The average Bonchev–Trinajstić information content (AvgIpc) is 2.87. The van der Waals surface area contributed by atoms with Crippen molar-refractivity contribution in [1.29, 1.82) is 0 Å². The van der Waals surface area contributed by atoms with Crippen LogP contribution in [-0.4, -0.2) is 28.8 Å². The minimum atomic E-state index is -0.399. The van der Waals surface area contributed by atoms with Crippen LogP contribution in [0.5, 0.6) is 0 Å². The second-order valence-electron chi connectivity index (χ2n) is 5.58. The molecule has 0 saturated carbocycles. The zero-order valence-electron chi connectivity index (χ0n) is 10.8. The smallest absolute Gasteiger partial charge is 0.0820 e. The molecule has 0 aliphatic carbocycles. The lowest BCUT2D eigenvalue weighted by Crippen LogP contribution is -2.41. The number of aliphatic hydroxyl groups is 1. The Balaban J connectivity index is 1.72. The predicted molar refractivity (Wildman–Crippen MR) is 79.8 cm³/mol. The lowest BCUT2D eigenvalue weighted by atomic mass is 9.80. The number of halogens is 1. The zero-order chi connectivity index (χ0) is 13.3. The van der Waals surface area contributed by atoms with Crippen molar-refractivity contribution in [3.63, 3.8) is 0 Å². The van der Waals surface area contributed by atoms with Gasteiger partial charge in [-0.1, -0.05) is 23.7 Å². The van der Waals surface area contributed by atoms with Crippen molar-refractivity contribution < 1.29 is 9.84 Å². The van der Waals surface area contributed by atoms with E-state index in [9.17, 15) is 5.11 Å². The highest BCUT2D eigenvalue weighted by atomic mass is 35.5. The molecule has 3 unspecified atom stereocenters. The molecule has 2 heterocycles. The Kier molecular flexibility index (Phi) is 4.08. The molecule has 0 amide bonds. The van der Waals surface area contributed by atoms with Crippen molar-refractivity contribution >= 4 is 23.4 Å². The molecular weight excluding hydrogens is 280 g/mol. The van der Waals surface area contributed by atoms with Crippen LogP contribution in [0.15, 0.2) is 24.3 Å². The molecule has 1 aromatic carbocycles. The standard InChI is InChI=1S/C15H19ClO2S/c16-13-3-1-11(2-4-13)14(17)12-5-7-18-15(9-12)6-8-19-10-15/h1-4,12,14,17H,5-10H2. The van der Waals surface area contributed by atoms with E-state index in [2.05, 4.69) is 0 Å². The van der Waals surface area contributed by atoms with Gasteiger partial charge in [0, 0.05) is 17.4 Å². The lowest BCUT2D eigenvalue weighted by Gasteiger charge is -2.39. The number of hydrogen-bond donors (Lipinski definition) is 1. The van der Waals surface area contributed by atoms with Gasteiger partial charge in [-0.3, -0.25) is 0 Å². The quantitative estimate of drug-likeness (QED) is 0.903. The van der Waals surface area contributed by atoms with Crippen LogP contribution in [0.2, 0.25) is 5.02 Å². The molecule has 0 radical (unpaired) electrons. The molecule has 4 heteroatoms. The largest absolute Gasteiger partial charge is 0.388 e.